The molecule has 2 bridgehead atoms. The molecule has 3 heterocycles. The predicted molar refractivity (Wildman–Crippen MR) is 96.6 cm³/mol. The van der Waals surface area contributed by atoms with Gasteiger partial charge in [-0.05, 0) is 31.7 Å². The Labute approximate surface area is 150 Å². The van der Waals surface area contributed by atoms with Crippen molar-refractivity contribution >= 4 is 6.03 Å². The molecule has 2 saturated heterocycles. The van der Waals surface area contributed by atoms with Crippen molar-refractivity contribution in [2.75, 3.05) is 0 Å². The summed E-state index contributed by atoms with van der Waals surface area (Å²) in [5.74, 6) is 0.697. The first-order valence-electron chi connectivity index (χ1n) is 9.96. The number of amides is 2. The van der Waals surface area contributed by atoms with Crippen LogP contribution in [0.15, 0.2) is 24.4 Å². The molecule has 4 rings (SSSR count). The average Bonchev–Trinajstić information content (AvgIpc) is 2.80. The summed E-state index contributed by atoms with van der Waals surface area (Å²) in [6, 6.07) is 6.93. The Hall–Kier alpha value is -1.78. The molecule has 2 atom stereocenters. The van der Waals surface area contributed by atoms with E-state index in [-0.39, 0.29) is 12.1 Å². The van der Waals surface area contributed by atoms with Gasteiger partial charge in [-0.25, -0.2) is 9.78 Å². The lowest BCUT2D eigenvalue weighted by Gasteiger charge is -2.39. The van der Waals surface area contributed by atoms with Crippen molar-refractivity contribution in [2.24, 2.45) is 0 Å². The number of carbonyl (C=O) groups is 1. The maximum absolute atomic E-state index is 12.9. The van der Waals surface area contributed by atoms with Crippen LogP contribution in [0.2, 0.25) is 0 Å². The molecule has 136 valence electrons. The number of rotatable bonds is 3. The fourth-order valence-electron chi connectivity index (χ4n) is 4.82. The van der Waals surface area contributed by atoms with Crippen molar-refractivity contribution in [3.8, 4) is 5.88 Å². The second kappa shape index (κ2) is 7.63. The van der Waals surface area contributed by atoms with Gasteiger partial charge in [0.25, 0.3) is 0 Å². The fourth-order valence-corrected chi connectivity index (χ4v) is 4.82. The summed E-state index contributed by atoms with van der Waals surface area (Å²) in [5, 5.41) is 3.33. The zero-order valence-corrected chi connectivity index (χ0v) is 14.9. The van der Waals surface area contributed by atoms with E-state index in [9.17, 15) is 4.79 Å². The van der Waals surface area contributed by atoms with Crippen LogP contribution in [0.1, 0.15) is 64.2 Å². The summed E-state index contributed by atoms with van der Waals surface area (Å²) >= 11 is 0. The summed E-state index contributed by atoms with van der Waals surface area (Å²) in [4.78, 5) is 19.3. The minimum atomic E-state index is 0.163. The molecule has 2 unspecified atom stereocenters. The fraction of sp³-hybridized carbons (Fsp3) is 0.700. The topological polar surface area (TPSA) is 54.5 Å². The van der Waals surface area contributed by atoms with Gasteiger partial charge in [0.05, 0.1) is 0 Å². The number of fused-ring (bicyclic) bond motifs is 2. The lowest BCUT2D eigenvalue weighted by Crippen LogP contribution is -2.54. The highest BCUT2D eigenvalue weighted by Gasteiger charge is 2.44. The quantitative estimate of drug-likeness (QED) is 0.847. The van der Waals surface area contributed by atoms with Crippen LogP contribution in [0, 0.1) is 0 Å². The van der Waals surface area contributed by atoms with Crippen molar-refractivity contribution in [1.29, 1.82) is 0 Å². The second-order valence-corrected chi connectivity index (χ2v) is 7.81. The summed E-state index contributed by atoms with van der Waals surface area (Å²) in [6.07, 6.45) is 13.4. The van der Waals surface area contributed by atoms with E-state index in [1.165, 1.54) is 25.7 Å². The smallest absolute Gasteiger partial charge is 0.318 e. The first-order chi connectivity index (χ1) is 12.3. The number of hydrogen-bond donors (Lipinski definition) is 1. The Morgan fingerprint density at radius 2 is 1.76 bits per heavy atom. The molecular formula is C20H29N3O2. The number of pyridine rings is 1. The van der Waals surface area contributed by atoms with Gasteiger partial charge in [-0.2, -0.15) is 0 Å². The van der Waals surface area contributed by atoms with Crippen molar-refractivity contribution < 1.29 is 9.53 Å². The largest absolute Gasteiger partial charge is 0.474 e. The SMILES string of the molecule is O=C(NC1CCCCCC1)N1C2CCC1CC(Oc1ccccn1)C2. The van der Waals surface area contributed by atoms with Crippen molar-refractivity contribution in [1.82, 2.24) is 15.2 Å². The Balaban J connectivity index is 1.34. The third kappa shape index (κ3) is 3.91. The first-order valence-corrected chi connectivity index (χ1v) is 9.96. The van der Waals surface area contributed by atoms with E-state index in [1.54, 1.807) is 6.20 Å². The van der Waals surface area contributed by atoms with Crippen LogP contribution in [-0.2, 0) is 0 Å². The molecule has 0 radical (unpaired) electrons. The molecule has 3 fully saturated rings. The maximum Gasteiger partial charge on any atom is 0.318 e. The lowest BCUT2D eigenvalue weighted by atomic mass is 10.00. The Morgan fingerprint density at radius 3 is 2.40 bits per heavy atom. The number of nitrogens with zero attached hydrogens (tertiary/aromatic N) is 2. The van der Waals surface area contributed by atoms with Crippen LogP contribution in [0.5, 0.6) is 5.88 Å². The molecule has 25 heavy (non-hydrogen) atoms. The van der Waals surface area contributed by atoms with Gasteiger partial charge < -0.3 is 15.0 Å². The van der Waals surface area contributed by atoms with Gasteiger partial charge in [0, 0.05) is 43.2 Å². The molecule has 5 nitrogen and oxygen atoms in total. The van der Waals surface area contributed by atoms with Gasteiger partial charge in [0.2, 0.25) is 5.88 Å². The third-order valence-corrected chi connectivity index (χ3v) is 6.03. The molecule has 3 aliphatic rings. The highest BCUT2D eigenvalue weighted by molar-refractivity contribution is 5.75. The van der Waals surface area contributed by atoms with Gasteiger partial charge in [-0.3, -0.25) is 0 Å². The molecule has 1 aromatic rings. The van der Waals surface area contributed by atoms with Crippen LogP contribution in [0.4, 0.5) is 4.79 Å². The van der Waals surface area contributed by atoms with Crippen molar-refractivity contribution in [2.45, 2.75) is 88.4 Å². The van der Waals surface area contributed by atoms with Crippen LogP contribution in [-0.4, -0.2) is 40.1 Å². The van der Waals surface area contributed by atoms with Crippen LogP contribution in [0.25, 0.3) is 0 Å². The summed E-state index contributed by atoms with van der Waals surface area (Å²) in [5.41, 5.74) is 0. The standard InChI is InChI=1S/C20H29N3O2/c24-20(22-15-7-3-1-2-4-8-15)23-16-10-11-17(23)14-18(13-16)25-19-9-5-6-12-21-19/h5-6,9,12,15-18H,1-4,7-8,10-11,13-14H2,(H,22,24). The van der Waals surface area contributed by atoms with Crippen LogP contribution in [0.3, 0.4) is 0 Å². The monoisotopic (exact) mass is 343 g/mol. The average molecular weight is 343 g/mol. The van der Waals surface area contributed by atoms with Crippen LogP contribution < -0.4 is 10.1 Å². The molecule has 1 N–H and O–H groups in total. The molecule has 1 aromatic heterocycles. The van der Waals surface area contributed by atoms with Gasteiger partial charge in [0.15, 0.2) is 0 Å². The number of nitrogens with one attached hydrogen (secondary N) is 1. The van der Waals surface area contributed by atoms with E-state index >= 15 is 0 Å². The molecule has 2 amide bonds. The normalized spacial score (nSPS) is 29.9. The van der Waals surface area contributed by atoms with E-state index in [2.05, 4.69) is 15.2 Å². The predicted octanol–water partition coefficient (Wildman–Crippen LogP) is 3.89. The summed E-state index contributed by atoms with van der Waals surface area (Å²) in [6.45, 7) is 0. The highest BCUT2D eigenvalue weighted by Crippen LogP contribution is 2.37. The molecule has 1 aliphatic carbocycles. The lowest BCUT2D eigenvalue weighted by molar-refractivity contribution is 0.0650. The number of ether oxygens (including phenoxy) is 1. The zero-order chi connectivity index (χ0) is 17.1. The number of aromatic nitrogens is 1. The third-order valence-electron chi connectivity index (χ3n) is 6.03. The Bertz CT molecular complexity index is 558. The minimum absolute atomic E-state index is 0.163. The number of piperidine rings is 1. The van der Waals surface area contributed by atoms with Gasteiger partial charge >= 0.3 is 6.03 Å². The highest BCUT2D eigenvalue weighted by atomic mass is 16.5. The van der Waals surface area contributed by atoms with Gasteiger partial charge in [-0.1, -0.05) is 31.7 Å². The number of carbonyl (C=O) groups excluding carboxylic acids is 1. The first kappa shape index (κ1) is 16.7. The van der Waals surface area contributed by atoms with Gasteiger partial charge in [-0.15, -0.1) is 0 Å². The van der Waals surface area contributed by atoms with Crippen LogP contribution >= 0.6 is 0 Å². The molecule has 2 aliphatic heterocycles. The molecule has 1 saturated carbocycles. The molecule has 0 spiro atoms. The zero-order valence-electron chi connectivity index (χ0n) is 14.9. The molecular weight excluding hydrogens is 314 g/mol. The van der Waals surface area contributed by atoms with E-state index in [1.807, 2.05) is 18.2 Å². The van der Waals surface area contributed by atoms with E-state index in [0.717, 1.165) is 38.5 Å². The summed E-state index contributed by atoms with van der Waals surface area (Å²) in [7, 11) is 0. The second-order valence-electron chi connectivity index (χ2n) is 7.81. The number of hydrogen-bond acceptors (Lipinski definition) is 3. The van der Waals surface area contributed by atoms with E-state index < -0.39 is 0 Å². The van der Waals surface area contributed by atoms with E-state index in [0.29, 0.717) is 24.0 Å². The summed E-state index contributed by atoms with van der Waals surface area (Å²) < 4.78 is 6.06. The molecule has 5 heteroatoms. The minimum Gasteiger partial charge on any atom is -0.474 e. The Morgan fingerprint density at radius 1 is 1.04 bits per heavy atom. The van der Waals surface area contributed by atoms with Crippen molar-refractivity contribution in [3.63, 3.8) is 0 Å². The maximum atomic E-state index is 12.9. The van der Waals surface area contributed by atoms with Gasteiger partial charge in [0.1, 0.15) is 6.10 Å². The van der Waals surface area contributed by atoms with Crippen molar-refractivity contribution in [3.05, 3.63) is 24.4 Å². The molecule has 0 aromatic carbocycles. The number of urea groups is 1. The Kier molecular flexibility index (Phi) is 5.09. The van der Waals surface area contributed by atoms with E-state index in [4.69, 9.17) is 4.74 Å².